The molecule has 0 unspecified atom stereocenters. The molecule has 0 aromatic carbocycles. The van der Waals surface area contributed by atoms with Crippen LogP contribution < -0.4 is 5.72 Å². The Morgan fingerprint density at radius 1 is 1.67 bits per heavy atom. The second kappa shape index (κ2) is 1.76. The Morgan fingerprint density at radius 2 is 2.67 bits per heavy atom. The maximum absolute atomic E-state index is 4.17. The van der Waals surface area contributed by atoms with Crippen molar-refractivity contribution in [3.05, 3.63) is 18.5 Å². The van der Waals surface area contributed by atoms with Crippen molar-refractivity contribution in [1.82, 2.24) is 9.55 Å². The minimum Gasteiger partial charge on any atom is -0.319 e. The molecule has 2 nitrogen and oxygen atoms in total. The lowest BCUT2D eigenvalue weighted by molar-refractivity contribution is 1.17. The molecule has 0 spiro atoms. The second-order valence-corrected chi connectivity index (χ2v) is 2.17. The zero-order chi connectivity index (χ0) is 6.10. The largest absolute Gasteiger partial charge is 0.319 e. The first-order valence-corrected chi connectivity index (χ1v) is 3.15. The molecule has 0 bridgehead atoms. The third-order valence-corrected chi connectivity index (χ3v) is 1.55. The molecule has 1 aliphatic rings. The fraction of sp³-hybridized carbons (Fsp3) is 0.167. The summed E-state index contributed by atoms with van der Waals surface area (Å²) < 4.78 is 2.06. The van der Waals surface area contributed by atoms with Crippen LogP contribution in [0, 0.1) is 0 Å². The standard InChI is InChI=1S/C6H7BN2/c1-2-7-6-8-3-5-9(6)4-1/h1,3-5,7H,2H2. The highest BCUT2D eigenvalue weighted by Gasteiger charge is 2.03. The van der Waals surface area contributed by atoms with E-state index >= 15 is 0 Å². The third kappa shape index (κ3) is 0.688. The van der Waals surface area contributed by atoms with Gasteiger partial charge >= 0.3 is 0 Å². The smallest absolute Gasteiger partial charge is 0.209 e. The first kappa shape index (κ1) is 4.85. The van der Waals surface area contributed by atoms with Crippen molar-refractivity contribution < 1.29 is 0 Å². The van der Waals surface area contributed by atoms with E-state index in [9.17, 15) is 0 Å². The minimum atomic E-state index is 1.09. The Morgan fingerprint density at radius 3 is 3.56 bits per heavy atom. The van der Waals surface area contributed by atoms with E-state index in [1.165, 1.54) is 5.72 Å². The van der Waals surface area contributed by atoms with Crippen LogP contribution in [0.15, 0.2) is 18.5 Å². The number of fused-ring (bicyclic) bond motifs is 1. The summed E-state index contributed by atoms with van der Waals surface area (Å²) >= 11 is 0. The number of nitrogens with zero attached hydrogens (tertiary/aromatic N) is 2. The van der Waals surface area contributed by atoms with Crippen LogP contribution in [0.4, 0.5) is 0 Å². The van der Waals surface area contributed by atoms with Crippen LogP contribution in [0.5, 0.6) is 0 Å². The molecule has 9 heavy (non-hydrogen) atoms. The predicted octanol–water partition coefficient (Wildman–Crippen LogP) is -0.153. The van der Waals surface area contributed by atoms with Gasteiger partial charge in [-0.2, -0.15) is 0 Å². The van der Waals surface area contributed by atoms with Crippen LogP contribution in [0.25, 0.3) is 6.20 Å². The van der Waals surface area contributed by atoms with Crippen LogP contribution in [0.2, 0.25) is 6.32 Å². The molecule has 0 N–H and O–H groups in total. The Balaban J connectivity index is 2.53. The third-order valence-electron chi connectivity index (χ3n) is 1.55. The topological polar surface area (TPSA) is 17.8 Å². The molecule has 1 aliphatic heterocycles. The molecule has 0 aliphatic carbocycles. The molecule has 0 saturated carbocycles. The number of imidazole rings is 1. The maximum Gasteiger partial charge on any atom is 0.209 e. The van der Waals surface area contributed by atoms with Gasteiger partial charge in [0.25, 0.3) is 0 Å². The van der Waals surface area contributed by atoms with Crippen molar-refractivity contribution in [2.45, 2.75) is 6.32 Å². The van der Waals surface area contributed by atoms with E-state index in [1.807, 2.05) is 12.4 Å². The average Bonchev–Trinajstić information content (AvgIpc) is 2.33. The van der Waals surface area contributed by atoms with E-state index < -0.39 is 0 Å². The number of rotatable bonds is 0. The Kier molecular flexibility index (Phi) is 0.948. The van der Waals surface area contributed by atoms with Gasteiger partial charge in [-0.05, 0) is 6.32 Å². The number of aromatic nitrogens is 2. The minimum absolute atomic E-state index is 1.09. The van der Waals surface area contributed by atoms with Crippen LogP contribution in [-0.4, -0.2) is 16.8 Å². The molecule has 2 rings (SSSR count). The summed E-state index contributed by atoms with van der Waals surface area (Å²) in [6.07, 6.45) is 9.17. The molecule has 1 aromatic rings. The predicted molar refractivity (Wildman–Crippen MR) is 39.1 cm³/mol. The Bertz CT molecular complexity index is 239. The van der Waals surface area contributed by atoms with Crippen molar-refractivity contribution in [3.8, 4) is 0 Å². The van der Waals surface area contributed by atoms with Crippen LogP contribution in [0.3, 0.4) is 0 Å². The highest BCUT2D eigenvalue weighted by Crippen LogP contribution is 1.94. The molecule has 44 valence electrons. The SMILES string of the molecule is B1CC=Cn2ccnc21. The molecule has 3 heteroatoms. The summed E-state index contributed by atoms with van der Waals surface area (Å²) in [5.41, 5.74) is 1.18. The van der Waals surface area contributed by atoms with Crippen LogP contribution in [-0.2, 0) is 0 Å². The fourth-order valence-corrected chi connectivity index (χ4v) is 1.07. The summed E-state index contributed by atoms with van der Waals surface area (Å²) in [7, 11) is 1.09. The molecular weight excluding hydrogens is 111 g/mol. The van der Waals surface area contributed by atoms with Crippen LogP contribution >= 0.6 is 0 Å². The lowest BCUT2D eigenvalue weighted by Gasteiger charge is -2.03. The highest BCUT2D eigenvalue weighted by atomic mass is 15.0. The first-order valence-electron chi connectivity index (χ1n) is 3.15. The van der Waals surface area contributed by atoms with E-state index in [-0.39, 0.29) is 0 Å². The quantitative estimate of drug-likeness (QED) is 0.433. The summed E-state index contributed by atoms with van der Waals surface area (Å²) in [6.45, 7) is 0. The fourth-order valence-electron chi connectivity index (χ4n) is 1.07. The lowest BCUT2D eigenvalue weighted by atomic mass is 9.72. The molecule has 2 heterocycles. The monoisotopic (exact) mass is 118 g/mol. The van der Waals surface area contributed by atoms with E-state index in [1.54, 1.807) is 0 Å². The number of hydrogen-bond acceptors (Lipinski definition) is 1. The summed E-state index contributed by atoms with van der Waals surface area (Å²) in [4.78, 5) is 4.17. The maximum atomic E-state index is 4.17. The van der Waals surface area contributed by atoms with Crippen molar-refractivity contribution in [3.63, 3.8) is 0 Å². The number of hydrogen-bond donors (Lipinski definition) is 0. The molecule has 0 amide bonds. The van der Waals surface area contributed by atoms with Crippen molar-refractivity contribution in [1.29, 1.82) is 0 Å². The van der Waals surface area contributed by atoms with Gasteiger partial charge in [-0.1, -0.05) is 6.08 Å². The van der Waals surface area contributed by atoms with Gasteiger partial charge in [-0.15, -0.1) is 0 Å². The van der Waals surface area contributed by atoms with Gasteiger partial charge in [0.2, 0.25) is 7.28 Å². The summed E-state index contributed by atoms with van der Waals surface area (Å²) in [6, 6.07) is 0. The zero-order valence-corrected chi connectivity index (χ0v) is 5.12. The van der Waals surface area contributed by atoms with Gasteiger partial charge in [0, 0.05) is 18.6 Å². The van der Waals surface area contributed by atoms with E-state index in [0.29, 0.717) is 0 Å². The zero-order valence-electron chi connectivity index (χ0n) is 5.12. The average molecular weight is 118 g/mol. The normalized spacial score (nSPS) is 14.7. The molecule has 1 aromatic heterocycles. The van der Waals surface area contributed by atoms with Gasteiger partial charge in [-0.25, -0.2) is 0 Å². The van der Waals surface area contributed by atoms with Gasteiger partial charge < -0.3 is 4.57 Å². The van der Waals surface area contributed by atoms with Gasteiger partial charge in [0.05, 0.1) is 5.72 Å². The Labute approximate surface area is 54.5 Å². The van der Waals surface area contributed by atoms with Gasteiger partial charge in [0.15, 0.2) is 0 Å². The van der Waals surface area contributed by atoms with Crippen LogP contribution in [0.1, 0.15) is 0 Å². The molecular formula is C6H7BN2. The summed E-state index contributed by atoms with van der Waals surface area (Å²) in [5, 5.41) is 0. The highest BCUT2D eigenvalue weighted by molar-refractivity contribution is 6.52. The van der Waals surface area contributed by atoms with E-state index in [4.69, 9.17) is 0 Å². The Hall–Kier alpha value is -0.985. The molecule has 0 fully saturated rings. The van der Waals surface area contributed by atoms with Crippen molar-refractivity contribution >= 4 is 19.2 Å². The molecule has 0 atom stereocenters. The molecule has 0 radical (unpaired) electrons. The summed E-state index contributed by atoms with van der Waals surface area (Å²) in [5.74, 6) is 0. The van der Waals surface area contributed by atoms with Crippen molar-refractivity contribution in [2.75, 3.05) is 0 Å². The lowest BCUT2D eigenvalue weighted by Crippen LogP contribution is -2.25. The van der Waals surface area contributed by atoms with E-state index in [2.05, 4.69) is 21.8 Å². The second-order valence-electron chi connectivity index (χ2n) is 2.17. The molecule has 0 saturated heterocycles. The van der Waals surface area contributed by atoms with Gasteiger partial charge in [-0.3, -0.25) is 4.98 Å². The number of allylic oxidation sites excluding steroid dienone is 1. The van der Waals surface area contributed by atoms with Crippen molar-refractivity contribution in [2.24, 2.45) is 0 Å². The van der Waals surface area contributed by atoms with Gasteiger partial charge in [0.1, 0.15) is 0 Å². The van der Waals surface area contributed by atoms with E-state index in [0.717, 1.165) is 13.6 Å². The first-order chi connectivity index (χ1) is 4.47.